The summed E-state index contributed by atoms with van der Waals surface area (Å²) in [4.78, 5) is 10.7. The van der Waals surface area contributed by atoms with Crippen LogP contribution in [0.15, 0.2) is 150 Å². The number of hydrogen-bond donors (Lipinski definition) is 0. The highest BCUT2D eigenvalue weighted by Crippen LogP contribution is 2.47. The molecule has 12 aromatic rings. The van der Waals surface area contributed by atoms with Crippen LogP contribution in [0.3, 0.4) is 0 Å². The molecular formula is C44H24N4O. The lowest BCUT2D eigenvalue weighted by Crippen LogP contribution is -2.02. The predicted octanol–water partition coefficient (Wildman–Crippen LogP) is 11.4. The zero-order chi connectivity index (χ0) is 31.8. The van der Waals surface area contributed by atoms with Crippen LogP contribution in [0, 0.1) is 0 Å². The summed E-state index contributed by atoms with van der Waals surface area (Å²) in [6, 6.07) is 51.6. The van der Waals surface area contributed by atoms with Crippen molar-refractivity contribution < 1.29 is 4.42 Å². The van der Waals surface area contributed by atoms with Crippen molar-refractivity contribution in [2.45, 2.75) is 0 Å². The Hall–Kier alpha value is -6.72. The van der Waals surface area contributed by atoms with Crippen LogP contribution in [0.4, 0.5) is 0 Å². The number of nitrogens with zero attached hydrogens (tertiary/aromatic N) is 4. The van der Waals surface area contributed by atoms with E-state index in [2.05, 4.69) is 136 Å². The van der Waals surface area contributed by atoms with Crippen molar-refractivity contribution in [2.75, 3.05) is 0 Å². The van der Waals surface area contributed by atoms with Gasteiger partial charge in [0, 0.05) is 43.3 Å². The summed E-state index contributed by atoms with van der Waals surface area (Å²) in [6.45, 7) is 0. The molecule has 0 aliphatic heterocycles. The molecule has 0 unspecified atom stereocenters. The highest BCUT2D eigenvalue weighted by Gasteiger charge is 2.27. The van der Waals surface area contributed by atoms with E-state index in [4.69, 9.17) is 14.4 Å². The van der Waals surface area contributed by atoms with E-state index in [0.29, 0.717) is 11.4 Å². The van der Waals surface area contributed by atoms with Crippen LogP contribution >= 0.6 is 0 Å². The number of aromatic nitrogens is 4. The molecule has 0 saturated carbocycles. The molecule has 7 aromatic carbocycles. The van der Waals surface area contributed by atoms with Gasteiger partial charge in [-0.05, 0) is 53.2 Å². The highest BCUT2D eigenvalue weighted by molar-refractivity contribution is 6.34. The lowest BCUT2D eigenvalue weighted by molar-refractivity contribution is 0.662. The Labute approximate surface area is 278 Å². The largest absolute Gasteiger partial charge is 0.450 e. The summed E-state index contributed by atoms with van der Waals surface area (Å²) in [6.07, 6.45) is 0. The van der Waals surface area contributed by atoms with Crippen molar-refractivity contribution in [3.63, 3.8) is 0 Å². The molecule has 0 fully saturated rings. The fourth-order valence-electron chi connectivity index (χ4n) is 8.36. The summed E-state index contributed by atoms with van der Waals surface area (Å²) in [5.74, 6) is 1.40. The summed E-state index contributed by atoms with van der Waals surface area (Å²) in [5, 5.41) is 10.6. The molecule has 49 heavy (non-hydrogen) atoms. The van der Waals surface area contributed by atoms with Gasteiger partial charge in [-0.1, -0.05) is 103 Å². The van der Waals surface area contributed by atoms with Crippen molar-refractivity contribution in [3.05, 3.63) is 146 Å². The molecule has 12 rings (SSSR count). The van der Waals surface area contributed by atoms with Crippen LogP contribution in [0.1, 0.15) is 0 Å². The first kappa shape index (κ1) is 25.4. The van der Waals surface area contributed by atoms with Gasteiger partial charge < -0.3 is 8.82 Å². The van der Waals surface area contributed by atoms with Crippen LogP contribution in [0.5, 0.6) is 0 Å². The van der Waals surface area contributed by atoms with Gasteiger partial charge in [-0.25, -0.2) is 9.97 Å². The van der Waals surface area contributed by atoms with Gasteiger partial charge in [0.25, 0.3) is 0 Å². The molecular weight excluding hydrogens is 601 g/mol. The quantitative estimate of drug-likeness (QED) is 0.192. The van der Waals surface area contributed by atoms with Gasteiger partial charge in [0.1, 0.15) is 11.1 Å². The maximum absolute atomic E-state index is 6.71. The first-order valence-corrected chi connectivity index (χ1v) is 16.6. The van der Waals surface area contributed by atoms with Gasteiger partial charge in [0.2, 0.25) is 0 Å². The molecule has 0 radical (unpaired) electrons. The molecule has 0 atom stereocenters. The summed E-state index contributed by atoms with van der Waals surface area (Å²) >= 11 is 0. The minimum Gasteiger partial charge on any atom is -0.450 e. The monoisotopic (exact) mass is 624 g/mol. The Morgan fingerprint density at radius 1 is 0.469 bits per heavy atom. The predicted molar refractivity (Wildman–Crippen MR) is 201 cm³/mol. The van der Waals surface area contributed by atoms with E-state index in [-0.39, 0.29) is 0 Å². The first-order chi connectivity index (χ1) is 24.3. The fourth-order valence-corrected chi connectivity index (χ4v) is 8.36. The highest BCUT2D eigenvalue weighted by atomic mass is 16.3. The van der Waals surface area contributed by atoms with Gasteiger partial charge in [-0.15, -0.1) is 0 Å². The standard InChI is InChI=1S/C44H24N4O/c1-2-12-26-23-27(22-21-25(26)11-1)43-45-39-31-16-6-10-20-37(31)49-42(39)44(46-43)48-35-18-8-4-14-29(35)33-24-32-28-13-3-7-17-34(28)47-36-19-9-5-15-30(36)38(40(32)47)41(33)48/h1-24H. The van der Waals surface area contributed by atoms with Crippen LogP contribution in [-0.4, -0.2) is 18.9 Å². The van der Waals surface area contributed by atoms with E-state index in [1.807, 2.05) is 18.2 Å². The van der Waals surface area contributed by atoms with Gasteiger partial charge in [-0.3, -0.25) is 4.57 Å². The van der Waals surface area contributed by atoms with E-state index >= 15 is 0 Å². The number of para-hydroxylation sites is 4. The number of hydrogen-bond acceptors (Lipinski definition) is 3. The second-order valence-electron chi connectivity index (χ2n) is 13.0. The Morgan fingerprint density at radius 2 is 1.10 bits per heavy atom. The lowest BCUT2D eigenvalue weighted by Gasteiger charge is -2.11. The molecule has 5 heterocycles. The van der Waals surface area contributed by atoms with Gasteiger partial charge in [0.05, 0.1) is 27.6 Å². The third-order valence-corrected chi connectivity index (χ3v) is 10.4. The third kappa shape index (κ3) is 3.19. The van der Waals surface area contributed by atoms with E-state index in [1.165, 1.54) is 54.3 Å². The van der Waals surface area contributed by atoms with Crippen LogP contribution in [-0.2, 0) is 0 Å². The molecule has 0 aliphatic carbocycles. The van der Waals surface area contributed by atoms with E-state index in [0.717, 1.165) is 44.3 Å². The minimum absolute atomic E-state index is 0.665. The Morgan fingerprint density at radius 3 is 1.94 bits per heavy atom. The fraction of sp³-hybridized carbons (Fsp3) is 0. The molecule has 0 aliphatic rings. The molecule has 0 spiro atoms. The zero-order valence-electron chi connectivity index (χ0n) is 26.1. The van der Waals surface area contributed by atoms with Gasteiger partial charge in [0.15, 0.2) is 17.2 Å². The van der Waals surface area contributed by atoms with Gasteiger partial charge >= 0.3 is 0 Å². The normalized spacial score (nSPS) is 12.5. The van der Waals surface area contributed by atoms with Gasteiger partial charge in [-0.2, -0.15) is 0 Å². The maximum atomic E-state index is 6.71. The van der Waals surface area contributed by atoms with Crippen molar-refractivity contribution in [1.29, 1.82) is 0 Å². The average Bonchev–Trinajstić information content (AvgIpc) is 3.90. The van der Waals surface area contributed by atoms with Crippen LogP contribution in [0.2, 0.25) is 0 Å². The van der Waals surface area contributed by atoms with E-state index < -0.39 is 0 Å². The second-order valence-corrected chi connectivity index (χ2v) is 13.0. The van der Waals surface area contributed by atoms with Crippen molar-refractivity contribution >= 4 is 92.7 Å². The smallest absolute Gasteiger partial charge is 0.197 e. The van der Waals surface area contributed by atoms with Crippen LogP contribution in [0.25, 0.3) is 110 Å². The Bertz CT molecular complexity index is 3340. The summed E-state index contributed by atoms with van der Waals surface area (Å²) in [5.41, 5.74) is 9.07. The SMILES string of the molecule is c1ccc2cc(-c3nc(-n4c5ccccc5c5cc6c7ccccc7n7c8ccccc8c(c54)c67)c4oc5ccccc5c4n3)ccc2c1. The number of furan rings is 1. The molecule has 5 heteroatoms. The minimum atomic E-state index is 0.665. The number of rotatable bonds is 2. The Kier molecular flexibility index (Phi) is 4.66. The van der Waals surface area contributed by atoms with Crippen molar-refractivity contribution in [3.8, 4) is 17.2 Å². The van der Waals surface area contributed by atoms with E-state index in [9.17, 15) is 0 Å². The number of benzene rings is 7. The summed E-state index contributed by atoms with van der Waals surface area (Å²) in [7, 11) is 0. The second kappa shape index (κ2) is 9.00. The molecule has 0 saturated heterocycles. The first-order valence-electron chi connectivity index (χ1n) is 16.6. The molecule has 5 nitrogen and oxygen atoms in total. The molecule has 0 bridgehead atoms. The van der Waals surface area contributed by atoms with Crippen molar-refractivity contribution in [1.82, 2.24) is 18.9 Å². The van der Waals surface area contributed by atoms with Crippen molar-refractivity contribution in [2.24, 2.45) is 0 Å². The molecule has 0 N–H and O–H groups in total. The Balaban J connectivity index is 1.32. The van der Waals surface area contributed by atoms with Crippen LogP contribution < -0.4 is 0 Å². The topological polar surface area (TPSA) is 48.3 Å². The average molecular weight is 625 g/mol. The third-order valence-electron chi connectivity index (χ3n) is 10.4. The molecule has 0 amide bonds. The van der Waals surface area contributed by atoms with E-state index in [1.54, 1.807) is 0 Å². The number of fused-ring (bicyclic) bond motifs is 14. The summed E-state index contributed by atoms with van der Waals surface area (Å²) < 4.78 is 11.5. The maximum Gasteiger partial charge on any atom is 0.197 e. The molecule has 5 aromatic heterocycles. The molecule has 226 valence electrons. The zero-order valence-corrected chi connectivity index (χ0v) is 26.1. The lowest BCUT2D eigenvalue weighted by atomic mass is 10.0.